The van der Waals surface area contributed by atoms with Crippen LogP contribution in [0.5, 0.6) is 0 Å². The highest BCUT2D eigenvalue weighted by molar-refractivity contribution is 8.00. The molecule has 0 aromatic carbocycles. The van der Waals surface area contributed by atoms with Crippen molar-refractivity contribution in [2.75, 3.05) is 5.75 Å². The molecule has 2 aliphatic rings. The van der Waals surface area contributed by atoms with Crippen LogP contribution in [-0.2, 0) is 16.1 Å². The summed E-state index contributed by atoms with van der Waals surface area (Å²) in [5.41, 5.74) is 11.9. The van der Waals surface area contributed by atoms with Gasteiger partial charge in [0.1, 0.15) is 17.1 Å². The fourth-order valence-electron chi connectivity index (χ4n) is 2.65. The number of fused-ring (bicyclic) bond motifs is 1. The van der Waals surface area contributed by atoms with Crippen LogP contribution in [0.4, 0.5) is 0 Å². The lowest BCUT2D eigenvalue weighted by Gasteiger charge is -2.47. The van der Waals surface area contributed by atoms with E-state index in [9.17, 15) is 19.5 Å². The van der Waals surface area contributed by atoms with Crippen molar-refractivity contribution in [1.82, 2.24) is 4.90 Å². The number of pyridine rings is 1. The molecule has 2 amide bonds. The molecule has 0 bridgehead atoms. The van der Waals surface area contributed by atoms with Crippen LogP contribution in [0, 0.1) is 0 Å². The number of carboxylic acids is 1. The first-order valence-corrected chi connectivity index (χ1v) is 7.89. The SMILES string of the molecule is NC(=O)c1cc[n+](CC2=C(C(=O)O)N3C(=O)[C@@H](N)[C@H]3SC2)cc1. The van der Waals surface area contributed by atoms with Gasteiger partial charge in [0, 0.05) is 23.5 Å². The average molecular weight is 335 g/mol. The second-order valence-corrected chi connectivity index (χ2v) is 6.42. The number of nitrogens with two attached hydrogens (primary N) is 2. The van der Waals surface area contributed by atoms with Crippen molar-refractivity contribution in [2.24, 2.45) is 11.5 Å². The Balaban J connectivity index is 1.89. The minimum absolute atomic E-state index is 0.00641. The summed E-state index contributed by atoms with van der Waals surface area (Å²) in [5, 5.41) is 9.15. The number of aromatic nitrogens is 1. The van der Waals surface area contributed by atoms with E-state index in [2.05, 4.69) is 0 Å². The van der Waals surface area contributed by atoms with E-state index in [1.165, 1.54) is 16.7 Å². The molecule has 1 saturated heterocycles. The standard InChI is InChI=1S/C14H14N4O4S/c15-9-12(20)18-10(14(21)22)8(6-23-13(9)18)5-17-3-1-7(2-4-17)11(16)19/h1-4,9,13H,5-6,15H2,(H2-,16,19,21,22)/p+1/t9-,13-/m1/s1. The lowest BCUT2D eigenvalue weighted by Crippen LogP contribution is -2.68. The van der Waals surface area contributed by atoms with E-state index in [-0.39, 0.29) is 17.0 Å². The Labute approximate surface area is 135 Å². The van der Waals surface area contributed by atoms with Gasteiger partial charge in [-0.3, -0.25) is 14.5 Å². The monoisotopic (exact) mass is 335 g/mol. The zero-order chi connectivity index (χ0) is 16.7. The van der Waals surface area contributed by atoms with E-state index in [0.717, 1.165) is 0 Å². The van der Waals surface area contributed by atoms with Gasteiger partial charge in [0.2, 0.25) is 11.8 Å². The van der Waals surface area contributed by atoms with E-state index < -0.39 is 17.9 Å². The van der Waals surface area contributed by atoms with Crippen LogP contribution >= 0.6 is 11.8 Å². The van der Waals surface area contributed by atoms with Gasteiger partial charge in [-0.2, -0.15) is 0 Å². The number of rotatable bonds is 4. The van der Waals surface area contributed by atoms with E-state index >= 15 is 0 Å². The van der Waals surface area contributed by atoms with Crippen LogP contribution < -0.4 is 16.0 Å². The summed E-state index contributed by atoms with van der Waals surface area (Å²) in [6.07, 6.45) is 3.29. The van der Waals surface area contributed by atoms with Crippen LogP contribution in [0.25, 0.3) is 0 Å². The minimum Gasteiger partial charge on any atom is -0.477 e. The highest BCUT2D eigenvalue weighted by Crippen LogP contribution is 2.39. The van der Waals surface area contributed by atoms with Crippen molar-refractivity contribution in [3.05, 3.63) is 41.4 Å². The van der Waals surface area contributed by atoms with Crippen LogP contribution in [0.1, 0.15) is 10.4 Å². The number of aliphatic carboxylic acids is 1. The highest BCUT2D eigenvalue weighted by atomic mass is 32.2. The number of thioether (sulfide) groups is 1. The second kappa shape index (κ2) is 5.67. The number of hydrogen-bond acceptors (Lipinski definition) is 5. The average Bonchev–Trinajstić information content (AvgIpc) is 2.53. The van der Waals surface area contributed by atoms with Crippen LogP contribution in [0.2, 0.25) is 0 Å². The fourth-order valence-corrected chi connectivity index (χ4v) is 3.93. The maximum absolute atomic E-state index is 11.9. The molecule has 0 spiro atoms. The molecule has 8 nitrogen and oxygen atoms in total. The zero-order valence-corrected chi connectivity index (χ0v) is 12.8. The molecule has 3 rings (SSSR count). The number of carbonyl (C=O) groups is 3. The molecule has 0 saturated carbocycles. The quantitative estimate of drug-likeness (QED) is 0.461. The lowest BCUT2D eigenvalue weighted by atomic mass is 10.0. The van der Waals surface area contributed by atoms with Crippen molar-refractivity contribution >= 4 is 29.5 Å². The van der Waals surface area contributed by atoms with Gasteiger partial charge in [-0.15, -0.1) is 11.8 Å². The highest BCUT2D eigenvalue weighted by Gasteiger charge is 2.52. The minimum atomic E-state index is -1.14. The van der Waals surface area contributed by atoms with Crippen molar-refractivity contribution in [2.45, 2.75) is 18.0 Å². The van der Waals surface area contributed by atoms with Crippen molar-refractivity contribution in [3.8, 4) is 0 Å². The van der Waals surface area contributed by atoms with Gasteiger partial charge in [0.25, 0.3) is 0 Å². The summed E-state index contributed by atoms with van der Waals surface area (Å²) in [7, 11) is 0. The third kappa shape index (κ3) is 2.57. The van der Waals surface area contributed by atoms with Crippen molar-refractivity contribution in [3.63, 3.8) is 0 Å². The molecule has 2 aliphatic heterocycles. The van der Waals surface area contributed by atoms with Gasteiger partial charge < -0.3 is 16.6 Å². The molecule has 23 heavy (non-hydrogen) atoms. The Morgan fingerprint density at radius 1 is 1.39 bits per heavy atom. The maximum atomic E-state index is 11.9. The number of nitrogens with zero attached hydrogens (tertiary/aromatic N) is 2. The van der Waals surface area contributed by atoms with E-state index in [0.29, 0.717) is 23.4 Å². The van der Waals surface area contributed by atoms with E-state index in [1.54, 1.807) is 29.1 Å². The number of primary amides is 1. The number of carboxylic acid groups (broad SMARTS) is 1. The Bertz CT molecular complexity index is 731. The first kappa shape index (κ1) is 15.5. The Morgan fingerprint density at radius 3 is 2.61 bits per heavy atom. The summed E-state index contributed by atoms with van der Waals surface area (Å²) in [5.74, 6) is -1.56. The van der Waals surface area contributed by atoms with Crippen molar-refractivity contribution in [1.29, 1.82) is 0 Å². The Morgan fingerprint density at radius 2 is 2.04 bits per heavy atom. The summed E-state index contributed by atoms with van der Waals surface area (Å²) in [4.78, 5) is 35.8. The molecule has 0 radical (unpaired) electrons. The van der Waals surface area contributed by atoms with Gasteiger partial charge in [-0.05, 0) is 0 Å². The lowest BCUT2D eigenvalue weighted by molar-refractivity contribution is -0.689. The van der Waals surface area contributed by atoms with Crippen LogP contribution in [0.15, 0.2) is 35.8 Å². The van der Waals surface area contributed by atoms with Crippen molar-refractivity contribution < 1.29 is 24.1 Å². The van der Waals surface area contributed by atoms with Gasteiger partial charge in [0.05, 0.1) is 5.56 Å². The molecular weight excluding hydrogens is 320 g/mol. The predicted molar refractivity (Wildman–Crippen MR) is 80.9 cm³/mol. The molecule has 5 N–H and O–H groups in total. The molecule has 0 aliphatic carbocycles. The van der Waals surface area contributed by atoms with Gasteiger partial charge in [-0.1, -0.05) is 0 Å². The first-order valence-electron chi connectivity index (χ1n) is 6.84. The normalized spacial score (nSPS) is 23.3. The van der Waals surface area contributed by atoms with Gasteiger partial charge in [0.15, 0.2) is 18.9 Å². The molecule has 9 heteroatoms. The molecular formula is C14H15N4O4S+. The van der Waals surface area contributed by atoms with Crippen LogP contribution in [-0.4, -0.2) is 45.0 Å². The summed E-state index contributed by atoms with van der Waals surface area (Å²) < 4.78 is 1.73. The van der Waals surface area contributed by atoms with Gasteiger partial charge in [-0.25, -0.2) is 9.36 Å². The Hall–Kier alpha value is -2.39. The van der Waals surface area contributed by atoms with E-state index in [4.69, 9.17) is 11.5 Å². The largest absolute Gasteiger partial charge is 0.477 e. The molecule has 0 unspecified atom stereocenters. The zero-order valence-electron chi connectivity index (χ0n) is 12.0. The maximum Gasteiger partial charge on any atom is 0.352 e. The predicted octanol–water partition coefficient (Wildman–Crippen LogP) is -1.35. The number of amides is 2. The van der Waals surface area contributed by atoms with Crippen LogP contribution in [0.3, 0.4) is 0 Å². The topological polar surface area (TPSA) is 131 Å². The third-order valence-corrected chi connectivity index (χ3v) is 5.20. The summed E-state index contributed by atoms with van der Waals surface area (Å²) in [6.45, 7) is 0.305. The molecule has 1 aromatic heterocycles. The summed E-state index contributed by atoms with van der Waals surface area (Å²) >= 11 is 1.45. The number of carbonyl (C=O) groups excluding carboxylic acids is 2. The number of hydrogen-bond donors (Lipinski definition) is 3. The first-order chi connectivity index (χ1) is 10.9. The Kier molecular flexibility index (Phi) is 3.82. The van der Waals surface area contributed by atoms with Gasteiger partial charge >= 0.3 is 5.97 Å². The molecule has 2 atom stereocenters. The number of β-lactam (4-membered cyclic amide) rings is 1. The third-order valence-electron chi connectivity index (χ3n) is 3.84. The smallest absolute Gasteiger partial charge is 0.352 e. The molecule has 120 valence electrons. The molecule has 3 heterocycles. The molecule has 1 aromatic rings. The summed E-state index contributed by atoms with van der Waals surface area (Å²) in [6, 6.07) is 2.48. The second-order valence-electron chi connectivity index (χ2n) is 5.32. The molecule has 1 fully saturated rings. The van der Waals surface area contributed by atoms with E-state index in [1.807, 2.05) is 0 Å². The fraction of sp³-hybridized carbons (Fsp3) is 0.286.